The minimum absolute atomic E-state index is 0.0705. The molecule has 0 fully saturated rings. The van der Waals surface area contributed by atoms with Gasteiger partial charge in [-0.2, -0.15) is 0 Å². The minimum Gasteiger partial charge on any atom is -0.481 e. The predicted molar refractivity (Wildman–Crippen MR) is 77.1 cm³/mol. The number of carboxylic acids is 1. The molecule has 0 aromatic heterocycles. The molecule has 1 aromatic rings. The molecule has 1 unspecified atom stereocenters. The molecule has 0 spiro atoms. The van der Waals surface area contributed by atoms with Crippen molar-refractivity contribution in [2.45, 2.75) is 26.2 Å². The van der Waals surface area contributed by atoms with Crippen LogP contribution in [0.1, 0.15) is 35.7 Å². The third-order valence-electron chi connectivity index (χ3n) is 3.47. The monoisotopic (exact) mass is 308 g/mol. The van der Waals surface area contributed by atoms with Gasteiger partial charge in [0.2, 0.25) is 5.91 Å². The second-order valence-corrected chi connectivity index (χ2v) is 5.45. The van der Waals surface area contributed by atoms with E-state index in [2.05, 4.69) is 10.6 Å². The highest BCUT2D eigenvalue weighted by atomic mass is 19.1. The molecule has 1 heterocycles. The van der Waals surface area contributed by atoms with Gasteiger partial charge in [-0.1, -0.05) is 6.92 Å². The predicted octanol–water partition coefficient (Wildman–Crippen LogP) is 1.55. The first-order valence-corrected chi connectivity index (χ1v) is 6.99. The molecule has 6 nitrogen and oxygen atoms in total. The zero-order chi connectivity index (χ0) is 16.3. The summed E-state index contributed by atoms with van der Waals surface area (Å²) in [4.78, 5) is 33.8. The summed E-state index contributed by atoms with van der Waals surface area (Å²) < 4.78 is 14.0. The number of hydrogen-bond donors (Lipinski definition) is 3. The summed E-state index contributed by atoms with van der Waals surface area (Å²) in [7, 11) is 0. The van der Waals surface area contributed by atoms with E-state index < -0.39 is 17.7 Å². The maximum absolute atomic E-state index is 14.0. The molecule has 1 aromatic carbocycles. The van der Waals surface area contributed by atoms with Crippen molar-refractivity contribution in [2.24, 2.45) is 5.92 Å². The first kappa shape index (κ1) is 15.9. The lowest BCUT2D eigenvalue weighted by atomic mass is 9.99. The number of fused-ring (bicyclic) bond motifs is 1. The van der Waals surface area contributed by atoms with Crippen LogP contribution >= 0.6 is 0 Å². The van der Waals surface area contributed by atoms with Crippen molar-refractivity contribution in [1.29, 1.82) is 0 Å². The van der Waals surface area contributed by atoms with Crippen LogP contribution in [-0.4, -0.2) is 29.4 Å². The molecule has 0 saturated carbocycles. The number of rotatable bonds is 5. The van der Waals surface area contributed by atoms with Crippen molar-refractivity contribution in [3.8, 4) is 0 Å². The third-order valence-corrected chi connectivity index (χ3v) is 3.47. The van der Waals surface area contributed by atoms with Crippen LogP contribution in [0.4, 0.5) is 10.1 Å². The molecule has 118 valence electrons. The van der Waals surface area contributed by atoms with Gasteiger partial charge < -0.3 is 15.7 Å². The lowest BCUT2D eigenvalue weighted by molar-refractivity contribution is -0.137. The highest BCUT2D eigenvalue weighted by Crippen LogP contribution is 2.25. The van der Waals surface area contributed by atoms with Gasteiger partial charge in [-0.15, -0.1) is 0 Å². The molecule has 0 saturated heterocycles. The van der Waals surface area contributed by atoms with Crippen molar-refractivity contribution in [3.05, 3.63) is 29.1 Å². The van der Waals surface area contributed by atoms with Gasteiger partial charge in [0.1, 0.15) is 5.82 Å². The summed E-state index contributed by atoms with van der Waals surface area (Å²) in [5, 5.41) is 13.8. The summed E-state index contributed by atoms with van der Waals surface area (Å²) >= 11 is 0. The molecule has 3 N–H and O–H groups in total. The van der Waals surface area contributed by atoms with E-state index in [1.54, 1.807) is 6.92 Å². The first-order chi connectivity index (χ1) is 10.4. The molecule has 1 aliphatic rings. The summed E-state index contributed by atoms with van der Waals surface area (Å²) in [5.74, 6) is -2.68. The summed E-state index contributed by atoms with van der Waals surface area (Å²) in [6.45, 7) is 1.84. The number of nitrogens with one attached hydrogen (secondary N) is 2. The molecular formula is C15H17FN2O4. The van der Waals surface area contributed by atoms with Crippen molar-refractivity contribution < 1.29 is 23.9 Å². The number of carbonyl (C=O) groups is 3. The Morgan fingerprint density at radius 3 is 2.82 bits per heavy atom. The molecule has 2 rings (SSSR count). The number of anilines is 1. The number of carbonyl (C=O) groups excluding carboxylic acids is 2. The summed E-state index contributed by atoms with van der Waals surface area (Å²) in [6, 6.07) is 2.57. The van der Waals surface area contributed by atoms with Crippen LogP contribution in [0.5, 0.6) is 0 Å². The third kappa shape index (κ3) is 3.81. The average molecular weight is 308 g/mol. The Bertz CT molecular complexity index is 630. The number of carboxylic acid groups (broad SMARTS) is 1. The van der Waals surface area contributed by atoms with E-state index in [0.29, 0.717) is 24.1 Å². The van der Waals surface area contributed by atoms with Crippen molar-refractivity contribution in [2.75, 3.05) is 11.9 Å². The Morgan fingerprint density at radius 1 is 1.41 bits per heavy atom. The maximum Gasteiger partial charge on any atom is 0.303 e. The number of aliphatic carboxylic acids is 1. The van der Waals surface area contributed by atoms with E-state index in [1.807, 2.05) is 0 Å². The van der Waals surface area contributed by atoms with E-state index in [9.17, 15) is 18.8 Å². The molecule has 1 aliphatic heterocycles. The topological polar surface area (TPSA) is 95.5 Å². The number of amides is 2. The fourth-order valence-corrected chi connectivity index (χ4v) is 2.31. The van der Waals surface area contributed by atoms with Gasteiger partial charge in [-0.25, -0.2) is 4.39 Å². The average Bonchev–Trinajstić information content (AvgIpc) is 2.43. The van der Waals surface area contributed by atoms with Gasteiger partial charge >= 0.3 is 5.97 Å². The van der Waals surface area contributed by atoms with Crippen LogP contribution in [0.3, 0.4) is 0 Å². The van der Waals surface area contributed by atoms with E-state index in [4.69, 9.17) is 5.11 Å². The van der Waals surface area contributed by atoms with Crippen molar-refractivity contribution in [3.63, 3.8) is 0 Å². The number of hydrogen-bond acceptors (Lipinski definition) is 3. The van der Waals surface area contributed by atoms with Crippen molar-refractivity contribution >= 4 is 23.5 Å². The summed E-state index contributed by atoms with van der Waals surface area (Å²) in [6.07, 6.45) is 0.686. The van der Waals surface area contributed by atoms with Crippen LogP contribution in [0, 0.1) is 11.7 Å². The summed E-state index contributed by atoms with van der Waals surface area (Å²) in [5.41, 5.74) is 1.01. The normalized spacial score (nSPS) is 14.7. The van der Waals surface area contributed by atoms with Gasteiger partial charge in [0, 0.05) is 25.1 Å². The minimum atomic E-state index is -0.947. The maximum atomic E-state index is 14.0. The zero-order valence-electron chi connectivity index (χ0n) is 12.1. The Morgan fingerprint density at radius 2 is 2.14 bits per heavy atom. The smallest absolute Gasteiger partial charge is 0.303 e. The van der Waals surface area contributed by atoms with Gasteiger partial charge in [0.25, 0.3) is 5.91 Å². The lowest BCUT2D eigenvalue weighted by Crippen LogP contribution is -2.30. The highest BCUT2D eigenvalue weighted by molar-refractivity contribution is 5.98. The molecule has 7 heteroatoms. The van der Waals surface area contributed by atoms with Gasteiger partial charge in [0.05, 0.1) is 5.56 Å². The first-order valence-electron chi connectivity index (χ1n) is 6.99. The second kappa shape index (κ2) is 6.55. The Labute approximate surface area is 126 Å². The molecule has 0 bridgehead atoms. The number of aryl methyl sites for hydroxylation is 1. The van der Waals surface area contributed by atoms with Gasteiger partial charge in [-0.05, 0) is 30.0 Å². The fourth-order valence-electron chi connectivity index (χ4n) is 2.31. The largest absolute Gasteiger partial charge is 0.481 e. The molecule has 0 radical (unpaired) electrons. The van der Waals surface area contributed by atoms with E-state index in [0.717, 1.165) is 6.07 Å². The van der Waals surface area contributed by atoms with E-state index >= 15 is 0 Å². The molecule has 0 aliphatic carbocycles. The number of halogens is 1. The van der Waals surface area contributed by atoms with Gasteiger partial charge in [0.15, 0.2) is 0 Å². The van der Waals surface area contributed by atoms with Crippen molar-refractivity contribution in [1.82, 2.24) is 5.32 Å². The molecule has 2 amide bonds. The van der Waals surface area contributed by atoms with Crippen LogP contribution in [0.25, 0.3) is 0 Å². The van der Waals surface area contributed by atoms with Crippen LogP contribution in [-0.2, 0) is 16.0 Å². The molecular weight excluding hydrogens is 291 g/mol. The van der Waals surface area contributed by atoms with Crippen LogP contribution < -0.4 is 10.6 Å². The zero-order valence-corrected chi connectivity index (χ0v) is 12.1. The number of benzene rings is 1. The lowest BCUT2D eigenvalue weighted by Gasteiger charge is -2.18. The Balaban J connectivity index is 2.07. The van der Waals surface area contributed by atoms with E-state index in [-0.39, 0.29) is 30.4 Å². The van der Waals surface area contributed by atoms with E-state index in [1.165, 1.54) is 6.07 Å². The quantitative estimate of drug-likeness (QED) is 0.769. The standard InChI is InChI=1S/C15H17FN2O4/c1-8(4-14(20)21)7-17-15(22)10-5-9-2-3-13(19)18-12(9)6-11(10)16/h5-6,8H,2-4,7H2,1H3,(H,17,22)(H,18,19)(H,20,21). The molecule has 1 atom stereocenters. The Kier molecular flexibility index (Phi) is 4.75. The van der Waals surface area contributed by atoms with Crippen LogP contribution in [0.2, 0.25) is 0 Å². The van der Waals surface area contributed by atoms with Crippen LogP contribution in [0.15, 0.2) is 12.1 Å². The van der Waals surface area contributed by atoms with Gasteiger partial charge in [-0.3, -0.25) is 14.4 Å². The second-order valence-electron chi connectivity index (χ2n) is 5.45. The molecule has 22 heavy (non-hydrogen) atoms. The highest BCUT2D eigenvalue weighted by Gasteiger charge is 2.21. The Hall–Kier alpha value is -2.44. The SMILES string of the molecule is CC(CNC(=O)c1cc2c(cc1F)NC(=O)CC2)CC(=O)O. The fraction of sp³-hybridized carbons (Fsp3) is 0.400.